The molecule has 0 spiro atoms. The van der Waals surface area contributed by atoms with E-state index in [1.807, 2.05) is 0 Å². The average Bonchev–Trinajstić information content (AvgIpc) is 2.72. The predicted molar refractivity (Wildman–Crippen MR) is 74.4 cm³/mol. The summed E-state index contributed by atoms with van der Waals surface area (Å²) in [5.41, 5.74) is 1.21. The average molecular weight is 252 g/mol. The molecule has 0 bridgehead atoms. The van der Waals surface area contributed by atoms with Crippen LogP contribution in [-0.4, -0.2) is 11.0 Å². The zero-order chi connectivity index (χ0) is 12.4. The number of thiazole rings is 1. The summed E-state index contributed by atoms with van der Waals surface area (Å²) in [6.45, 7) is 9.09. The molecule has 1 aliphatic carbocycles. The molecule has 2 rings (SSSR count). The van der Waals surface area contributed by atoms with Crippen LogP contribution < -0.4 is 5.32 Å². The first kappa shape index (κ1) is 13.0. The predicted octanol–water partition coefficient (Wildman–Crippen LogP) is 3.93. The molecule has 1 saturated carbocycles. The van der Waals surface area contributed by atoms with E-state index < -0.39 is 0 Å². The van der Waals surface area contributed by atoms with Gasteiger partial charge in [0.05, 0.1) is 10.7 Å². The number of aromatic nitrogens is 1. The van der Waals surface area contributed by atoms with Crippen LogP contribution in [0.15, 0.2) is 5.38 Å². The Morgan fingerprint density at radius 3 is 2.82 bits per heavy atom. The molecule has 2 nitrogen and oxygen atoms in total. The molecule has 17 heavy (non-hydrogen) atoms. The first-order valence-corrected chi connectivity index (χ1v) is 7.64. The maximum Gasteiger partial charge on any atom is 0.0898 e. The van der Waals surface area contributed by atoms with Crippen molar-refractivity contribution >= 4 is 11.3 Å². The highest BCUT2D eigenvalue weighted by Gasteiger charge is 2.28. The van der Waals surface area contributed by atoms with Crippen molar-refractivity contribution in [2.24, 2.45) is 11.8 Å². The van der Waals surface area contributed by atoms with Crippen LogP contribution in [0.2, 0.25) is 0 Å². The molecule has 3 heteroatoms. The van der Waals surface area contributed by atoms with Crippen LogP contribution in [0.3, 0.4) is 0 Å². The van der Waals surface area contributed by atoms with Gasteiger partial charge < -0.3 is 5.32 Å². The van der Waals surface area contributed by atoms with Gasteiger partial charge in [-0.3, -0.25) is 0 Å². The highest BCUT2D eigenvalue weighted by Crippen LogP contribution is 2.31. The summed E-state index contributed by atoms with van der Waals surface area (Å²) < 4.78 is 0. The van der Waals surface area contributed by atoms with Crippen LogP contribution in [0.1, 0.15) is 56.8 Å². The molecule has 0 amide bonds. The Morgan fingerprint density at radius 1 is 1.41 bits per heavy atom. The van der Waals surface area contributed by atoms with Crippen molar-refractivity contribution in [2.75, 3.05) is 0 Å². The number of nitrogens with one attached hydrogen (secondary N) is 1. The SMILES string of the molecule is Cc1nc(C(C)NC2CCCC(C)C2C)cs1. The van der Waals surface area contributed by atoms with E-state index in [4.69, 9.17) is 0 Å². The molecule has 96 valence electrons. The molecular weight excluding hydrogens is 228 g/mol. The fourth-order valence-corrected chi connectivity index (χ4v) is 3.51. The van der Waals surface area contributed by atoms with Crippen LogP contribution in [0, 0.1) is 18.8 Å². The quantitative estimate of drug-likeness (QED) is 0.881. The van der Waals surface area contributed by atoms with E-state index >= 15 is 0 Å². The maximum absolute atomic E-state index is 4.58. The van der Waals surface area contributed by atoms with E-state index in [9.17, 15) is 0 Å². The molecule has 1 aliphatic rings. The molecule has 1 N–H and O–H groups in total. The monoisotopic (exact) mass is 252 g/mol. The lowest BCUT2D eigenvalue weighted by molar-refractivity contribution is 0.195. The highest BCUT2D eigenvalue weighted by atomic mass is 32.1. The second-order valence-corrected chi connectivity index (χ2v) is 6.62. The third-order valence-electron chi connectivity index (χ3n) is 4.25. The minimum absolute atomic E-state index is 0.387. The number of rotatable bonds is 3. The molecule has 0 aromatic carbocycles. The van der Waals surface area contributed by atoms with Crippen LogP contribution in [0.4, 0.5) is 0 Å². The van der Waals surface area contributed by atoms with Crippen molar-refractivity contribution in [1.29, 1.82) is 0 Å². The van der Waals surface area contributed by atoms with Gasteiger partial charge in [0.25, 0.3) is 0 Å². The molecule has 4 unspecified atom stereocenters. The Kier molecular flexibility index (Phi) is 4.21. The van der Waals surface area contributed by atoms with Gasteiger partial charge in [0.2, 0.25) is 0 Å². The Hall–Kier alpha value is -0.410. The highest BCUT2D eigenvalue weighted by molar-refractivity contribution is 7.09. The van der Waals surface area contributed by atoms with Crippen molar-refractivity contribution in [2.45, 2.75) is 59.0 Å². The topological polar surface area (TPSA) is 24.9 Å². The van der Waals surface area contributed by atoms with Crippen LogP contribution in [0.25, 0.3) is 0 Å². The summed E-state index contributed by atoms with van der Waals surface area (Å²) in [6, 6.07) is 1.05. The number of aryl methyl sites for hydroxylation is 1. The number of hydrogen-bond acceptors (Lipinski definition) is 3. The van der Waals surface area contributed by atoms with Gasteiger partial charge >= 0.3 is 0 Å². The zero-order valence-corrected chi connectivity index (χ0v) is 12.2. The van der Waals surface area contributed by atoms with Crippen LogP contribution in [0.5, 0.6) is 0 Å². The first-order chi connectivity index (χ1) is 8.08. The van der Waals surface area contributed by atoms with Gasteiger partial charge in [0, 0.05) is 17.5 Å². The second kappa shape index (κ2) is 5.49. The fraction of sp³-hybridized carbons (Fsp3) is 0.786. The Balaban J connectivity index is 1.96. The molecule has 1 aromatic rings. The molecule has 1 heterocycles. The van der Waals surface area contributed by atoms with Gasteiger partial charge in [-0.25, -0.2) is 4.98 Å². The van der Waals surface area contributed by atoms with E-state index in [1.165, 1.54) is 30.0 Å². The van der Waals surface area contributed by atoms with E-state index in [1.54, 1.807) is 11.3 Å². The third kappa shape index (κ3) is 3.08. The number of hydrogen-bond donors (Lipinski definition) is 1. The van der Waals surface area contributed by atoms with Crippen molar-refractivity contribution in [3.05, 3.63) is 16.1 Å². The van der Waals surface area contributed by atoms with Crippen molar-refractivity contribution in [1.82, 2.24) is 10.3 Å². The van der Waals surface area contributed by atoms with E-state index in [-0.39, 0.29) is 0 Å². The Bertz CT molecular complexity index is 361. The molecule has 1 fully saturated rings. The maximum atomic E-state index is 4.58. The van der Waals surface area contributed by atoms with Gasteiger partial charge in [-0.2, -0.15) is 0 Å². The second-order valence-electron chi connectivity index (χ2n) is 5.55. The van der Waals surface area contributed by atoms with E-state index in [0.29, 0.717) is 12.1 Å². The lowest BCUT2D eigenvalue weighted by atomic mass is 9.78. The minimum atomic E-state index is 0.387. The van der Waals surface area contributed by atoms with Gasteiger partial charge in [-0.15, -0.1) is 11.3 Å². The summed E-state index contributed by atoms with van der Waals surface area (Å²) in [5, 5.41) is 7.12. The van der Waals surface area contributed by atoms with Gasteiger partial charge in [-0.1, -0.05) is 26.7 Å². The molecule has 1 aromatic heterocycles. The standard InChI is InChI=1S/C14H24N2S/c1-9-6-5-7-13(10(9)2)15-11(3)14-8-17-12(4)16-14/h8-11,13,15H,5-7H2,1-4H3. The van der Waals surface area contributed by atoms with Gasteiger partial charge in [-0.05, 0) is 32.1 Å². The Morgan fingerprint density at radius 2 is 2.18 bits per heavy atom. The van der Waals surface area contributed by atoms with Crippen LogP contribution in [-0.2, 0) is 0 Å². The smallest absolute Gasteiger partial charge is 0.0898 e. The Labute approximate surface area is 109 Å². The molecule has 0 aliphatic heterocycles. The lowest BCUT2D eigenvalue weighted by Crippen LogP contribution is -2.41. The summed E-state index contributed by atoms with van der Waals surface area (Å²) in [7, 11) is 0. The summed E-state index contributed by atoms with van der Waals surface area (Å²) >= 11 is 1.74. The lowest BCUT2D eigenvalue weighted by Gasteiger charge is -2.36. The van der Waals surface area contributed by atoms with Crippen molar-refractivity contribution in [3.63, 3.8) is 0 Å². The van der Waals surface area contributed by atoms with Gasteiger partial charge in [0.15, 0.2) is 0 Å². The van der Waals surface area contributed by atoms with Crippen LogP contribution >= 0.6 is 11.3 Å². The number of nitrogens with zero attached hydrogens (tertiary/aromatic N) is 1. The summed E-state index contributed by atoms with van der Waals surface area (Å²) in [4.78, 5) is 4.58. The molecule has 0 saturated heterocycles. The largest absolute Gasteiger partial charge is 0.306 e. The van der Waals surface area contributed by atoms with E-state index in [2.05, 4.69) is 43.4 Å². The fourth-order valence-electron chi connectivity index (χ4n) is 2.80. The first-order valence-electron chi connectivity index (χ1n) is 6.76. The summed E-state index contributed by atoms with van der Waals surface area (Å²) in [6.07, 6.45) is 4.08. The molecule has 0 radical (unpaired) electrons. The third-order valence-corrected chi connectivity index (χ3v) is 5.04. The normalized spacial score (nSPS) is 31.4. The van der Waals surface area contributed by atoms with E-state index in [0.717, 1.165) is 11.8 Å². The summed E-state index contributed by atoms with van der Waals surface area (Å²) in [5.74, 6) is 1.64. The zero-order valence-electron chi connectivity index (χ0n) is 11.4. The van der Waals surface area contributed by atoms with Crippen molar-refractivity contribution in [3.8, 4) is 0 Å². The minimum Gasteiger partial charge on any atom is -0.306 e. The molecule has 4 atom stereocenters. The van der Waals surface area contributed by atoms with Gasteiger partial charge in [0.1, 0.15) is 0 Å². The van der Waals surface area contributed by atoms with Crippen molar-refractivity contribution < 1.29 is 0 Å². The molecular formula is C14H24N2S.